The third-order valence-electron chi connectivity index (χ3n) is 8.54. The number of carbonyl (C=O) groups is 1. The lowest BCUT2D eigenvalue weighted by Gasteiger charge is -2.59. The van der Waals surface area contributed by atoms with Gasteiger partial charge in [-0.25, -0.2) is 0 Å². The summed E-state index contributed by atoms with van der Waals surface area (Å²) >= 11 is 0. The molecular formula is C22H32O4. The summed E-state index contributed by atoms with van der Waals surface area (Å²) < 4.78 is 12.4. The lowest BCUT2D eigenvalue weighted by molar-refractivity contribution is -0.238. The molecule has 1 saturated heterocycles. The van der Waals surface area contributed by atoms with Crippen molar-refractivity contribution in [3.05, 3.63) is 24.8 Å². The van der Waals surface area contributed by atoms with Crippen molar-refractivity contribution >= 4 is 5.78 Å². The molecule has 0 radical (unpaired) electrons. The number of aliphatic hydroxyl groups is 1. The van der Waals surface area contributed by atoms with Crippen LogP contribution in [0.5, 0.6) is 0 Å². The van der Waals surface area contributed by atoms with Gasteiger partial charge in [0.2, 0.25) is 0 Å². The van der Waals surface area contributed by atoms with Crippen LogP contribution >= 0.6 is 0 Å². The van der Waals surface area contributed by atoms with E-state index in [1.54, 1.807) is 6.08 Å². The smallest absolute Gasteiger partial charge is 0.173 e. The Hall–Kier alpha value is -0.970. The zero-order valence-corrected chi connectivity index (χ0v) is 16.3. The number of ketones is 1. The SMILES string of the molecule is C=C[C@@]1(C)CC(=O)[C@]2(C)[C@H](C)CC[C@]3(CCC4(OCCO4)[C@H]32)C(=C)[C@@H]1O. The molecule has 4 fully saturated rings. The van der Waals surface area contributed by atoms with Gasteiger partial charge in [-0.3, -0.25) is 4.79 Å². The fraction of sp³-hybridized carbons (Fsp3) is 0.773. The van der Waals surface area contributed by atoms with Crippen LogP contribution in [0.2, 0.25) is 0 Å². The average molecular weight is 360 g/mol. The lowest BCUT2D eigenvalue weighted by Crippen LogP contribution is -2.62. The molecule has 1 N–H and O–H groups in total. The molecule has 144 valence electrons. The number of hydrogen-bond acceptors (Lipinski definition) is 4. The molecule has 0 aromatic carbocycles. The Morgan fingerprint density at radius 3 is 2.46 bits per heavy atom. The van der Waals surface area contributed by atoms with Gasteiger partial charge >= 0.3 is 0 Å². The maximum absolute atomic E-state index is 13.7. The number of rotatable bonds is 1. The van der Waals surface area contributed by atoms with Crippen molar-refractivity contribution in [2.75, 3.05) is 13.2 Å². The molecule has 1 aliphatic heterocycles. The predicted molar refractivity (Wildman–Crippen MR) is 99.4 cm³/mol. The fourth-order valence-electron chi connectivity index (χ4n) is 6.68. The summed E-state index contributed by atoms with van der Waals surface area (Å²) in [7, 11) is 0. The Bertz CT molecular complexity index is 663. The molecule has 0 unspecified atom stereocenters. The van der Waals surface area contributed by atoms with E-state index in [1.165, 1.54) is 0 Å². The van der Waals surface area contributed by atoms with E-state index in [9.17, 15) is 9.90 Å². The molecule has 4 aliphatic rings. The average Bonchev–Trinajstić information content (AvgIpc) is 3.23. The zero-order chi connectivity index (χ0) is 19.0. The van der Waals surface area contributed by atoms with Gasteiger partial charge in [0.1, 0.15) is 5.78 Å². The van der Waals surface area contributed by atoms with Crippen LogP contribution in [0.3, 0.4) is 0 Å². The van der Waals surface area contributed by atoms with Gasteiger partial charge in [-0.05, 0) is 30.8 Å². The Kier molecular flexibility index (Phi) is 3.91. The van der Waals surface area contributed by atoms with Crippen LogP contribution in [0.25, 0.3) is 0 Å². The molecule has 3 aliphatic carbocycles. The molecule has 1 spiro atoms. The quantitative estimate of drug-likeness (QED) is 0.725. The van der Waals surface area contributed by atoms with E-state index >= 15 is 0 Å². The number of Topliss-reactive ketones (excluding diaryl/α,β-unsaturated/α-hetero) is 1. The van der Waals surface area contributed by atoms with E-state index in [4.69, 9.17) is 9.47 Å². The molecule has 0 aromatic rings. The molecule has 1 heterocycles. The second kappa shape index (κ2) is 5.52. The lowest BCUT2D eigenvalue weighted by atomic mass is 9.45. The summed E-state index contributed by atoms with van der Waals surface area (Å²) in [5.41, 5.74) is -0.693. The monoisotopic (exact) mass is 360 g/mol. The second-order valence-corrected chi connectivity index (χ2v) is 9.56. The zero-order valence-electron chi connectivity index (χ0n) is 16.3. The minimum Gasteiger partial charge on any atom is -0.388 e. The van der Waals surface area contributed by atoms with Gasteiger partial charge in [0, 0.05) is 35.0 Å². The van der Waals surface area contributed by atoms with Crippen molar-refractivity contribution in [3.8, 4) is 0 Å². The van der Waals surface area contributed by atoms with Crippen LogP contribution in [-0.4, -0.2) is 36.0 Å². The van der Waals surface area contributed by atoms with Gasteiger partial charge in [-0.1, -0.05) is 33.4 Å². The number of ether oxygens (including phenoxy) is 2. The van der Waals surface area contributed by atoms with Crippen molar-refractivity contribution in [1.82, 2.24) is 0 Å². The van der Waals surface area contributed by atoms with E-state index in [-0.39, 0.29) is 29.5 Å². The highest BCUT2D eigenvalue weighted by Crippen LogP contribution is 2.71. The molecule has 26 heavy (non-hydrogen) atoms. The maximum Gasteiger partial charge on any atom is 0.173 e. The maximum atomic E-state index is 13.7. The Labute approximate surface area is 156 Å². The van der Waals surface area contributed by atoms with Gasteiger partial charge in [0.25, 0.3) is 0 Å². The van der Waals surface area contributed by atoms with Gasteiger partial charge in [0.15, 0.2) is 5.79 Å². The largest absolute Gasteiger partial charge is 0.388 e. The van der Waals surface area contributed by atoms with Crippen LogP contribution in [-0.2, 0) is 14.3 Å². The van der Waals surface area contributed by atoms with E-state index in [1.807, 2.05) is 6.92 Å². The third kappa shape index (κ3) is 1.99. The normalized spacial score (nSPS) is 50.4. The van der Waals surface area contributed by atoms with Crippen molar-refractivity contribution < 1.29 is 19.4 Å². The third-order valence-corrected chi connectivity index (χ3v) is 8.54. The van der Waals surface area contributed by atoms with Crippen molar-refractivity contribution in [2.24, 2.45) is 28.1 Å². The van der Waals surface area contributed by atoms with Crippen LogP contribution in [0.1, 0.15) is 52.9 Å². The minimum absolute atomic E-state index is 0.0854. The van der Waals surface area contributed by atoms with Gasteiger partial charge < -0.3 is 14.6 Å². The van der Waals surface area contributed by atoms with Crippen LogP contribution < -0.4 is 0 Å². The summed E-state index contributed by atoms with van der Waals surface area (Å²) in [6, 6.07) is 0. The summed E-state index contributed by atoms with van der Waals surface area (Å²) in [5, 5.41) is 11.2. The summed E-state index contributed by atoms with van der Waals surface area (Å²) in [5.74, 6) is -0.344. The highest BCUT2D eigenvalue weighted by molar-refractivity contribution is 5.87. The predicted octanol–water partition coefficient (Wildman–Crippen LogP) is 3.64. The van der Waals surface area contributed by atoms with Crippen molar-refractivity contribution in [2.45, 2.75) is 64.8 Å². The topological polar surface area (TPSA) is 55.8 Å². The van der Waals surface area contributed by atoms with E-state index in [0.29, 0.717) is 13.2 Å². The Morgan fingerprint density at radius 1 is 1.19 bits per heavy atom. The van der Waals surface area contributed by atoms with Crippen LogP contribution in [0.4, 0.5) is 0 Å². The van der Waals surface area contributed by atoms with Crippen LogP contribution in [0.15, 0.2) is 24.8 Å². The molecule has 3 saturated carbocycles. The molecular weight excluding hydrogens is 328 g/mol. The van der Waals surface area contributed by atoms with Crippen molar-refractivity contribution in [1.29, 1.82) is 0 Å². The van der Waals surface area contributed by atoms with Crippen molar-refractivity contribution in [3.63, 3.8) is 0 Å². The van der Waals surface area contributed by atoms with E-state index in [2.05, 4.69) is 27.0 Å². The first kappa shape index (κ1) is 18.4. The highest BCUT2D eigenvalue weighted by atomic mass is 16.7. The van der Waals surface area contributed by atoms with E-state index in [0.717, 1.165) is 31.3 Å². The second-order valence-electron chi connectivity index (χ2n) is 9.56. The highest BCUT2D eigenvalue weighted by Gasteiger charge is 2.72. The van der Waals surface area contributed by atoms with Gasteiger partial charge in [-0.2, -0.15) is 0 Å². The molecule has 4 nitrogen and oxygen atoms in total. The molecule has 0 aromatic heterocycles. The molecule has 4 heteroatoms. The first-order valence-corrected chi connectivity index (χ1v) is 9.98. The summed E-state index contributed by atoms with van der Waals surface area (Å²) in [4.78, 5) is 13.7. The number of carbonyl (C=O) groups excluding carboxylic acids is 1. The first-order chi connectivity index (χ1) is 12.2. The summed E-state index contributed by atoms with van der Waals surface area (Å²) in [6.07, 6.45) is 4.76. The molecule has 6 atom stereocenters. The Balaban J connectivity index is 1.95. The Morgan fingerprint density at radius 2 is 1.85 bits per heavy atom. The fourth-order valence-corrected chi connectivity index (χ4v) is 6.68. The number of aliphatic hydroxyl groups excluding tert-OH is 1. The molecule has 0 amide bonds. The van der Waals surface area contributed by atoms with Gasteiger partial charge in [0.05, 0.1) is 19.3 Å². The number of hydrogen-bond donors (Lipinski definition) is 1. The molecule has 4 rings (SSSR count). The minimum atomic E-state index is -0.777. The molecule has 2 bridgehead atoms. The van der Waals surface area contributed by atoms with Crippen LogP contribution in [0, 0.1) is 28.1 Å². The van der Waals surface area contributed by atoms with Gasteiger partial charge in [-0.15, -0.1) is 6.58 Å². The van der Waals surface area contributed by atoms with E-state index < -0.39 is 22.7 Å². The first-order valence-electron chi connectivity index (χ1n) is 9.98. The summed E-state index contributed by atoms with van der Waals surface area (Å²) in [6.45, 7) is 15.7. The standard InChI is InChI=1S/C22H32O4/c1-6-19(4)13-16(23)20(5)14(2)7-8-21(15(3)17(19)24)9-10-22(18(20)21)25-11-12-26-22/h6,14,17-18,24H,1,3,7-13H2,2,4-5H3/t14-,17+,18+,19+,20+,21+/m1/s1.